The van der Waals surface area contributed by atoms with Crippen LogP contribution in [0.1, 0.15) is 26.3 Å². The standard InChI is InChI=1S/C17H25NO3/c1-5-8-15-9-6-7-10-17(15)20-12-16(21-14(4)19)11-18-13(2)3/h5-7,9-10,13,16,18H,1,8,11-12H2,2-4H3. The van der Waals surface area contributed by atoms with Crippen molar-refractivity contribution < 1.29 is 14.3 Å². The van der Waals surface area contributed by atoms with Gasteiger partial charge in [-0.25, -0.2) is 0 Å². The minimum absolute atomic E-state index is 0.298. The molecule has 4 heteroatoms. The second-order valence-electron chi connectivity index (χ2n) is 5.21. The van der Waals surface area contributed by atoms with Gasteiger partial charge in [0.05, 0.1) is 0 Å². The van der Waals surface area contributed by atoms with Crippen LogP contribution in [0.2, 0.25) is 0 Å². The second kappa shape index (κ2) is 9.19. The lowest BCUT2D eigenvalue weighted by Crippen LogP contribution is -2.38. The van der Waals surface area contributed by atoms with Crippen LogP contribution in [0.4, 0.5) is 0 Å². The molecule has 0 bridgehead atoms. The van der Waals surface area contributed by atoms with E-state index in [1.54, 1.807) is 0 Å². The Balaban J connectivity index is 2.62. The number of nitrogens with one attached hydrogen (secondary N) is 1. The highest BCUT2D eigenvalue weighted by atomic mass is 16.6. The van der Waals surface area contributed by atoms with Crippen molar-refractivity contribution in [1.29, 1.82) is 0 Å². The first kappa shape index (κ1) is 17.2. The number of esters is 1. The molecule has 0 spiro atoms. The molecule has 0 aliphatic carbocycles. The third kappa shape index (κ3) is 6.95. The molecule has 1 aromatic carbocycles. The van der Waals surface area contributed by atoms with Crippen LogP contribution in [0.25, 0.3) is 0 Å². The van der Waals surface area contributed by atoms with E-state index in [2.05, 4.69) is 11.9 Å². The highest BCUT2D eigenvalue weighted by molar-refractivity contribution is 5.66. The zero-order valence-corrected chi connectivity index (χ0v) is 13.1. The van der Waals surface area contributed by atoms with E-state index < -0.39 is 0 Å². The molecule has 21 heavy (non-hydrogen) atoms. The molecule has 0 saturated carbocycles. The van der Waals surface area contributed by atoms with E-state index in [1.165, 1.54) is 6.92 Å². The van der Waals surface area contributed by atoms with Crippen molar-refractivity contribution in [3.05, 3.63) is 42.5 Å². The number of carbonyl (C=O) groups is 1. The van der Waals surface area contributed by atoms with Gasteiger partial charge in [-0.2, -0.15) is 0 Å². The van der Waals surface area contributed by atoms with E-state index in [0.29, 0.717) is 19.2 Å². The van der Waals surface area contributed by atoms with Crippen molar-refractivity contribution in [2.24, 2.45) is 0 Å². The molecule has 0 aliphatic rings. The maximum atomic E-state index is 11.2. The summed E-state index contributed by atoms with van der Waals surface area (Å²) < 4.78 is 11.1. The maximum Gasteiger partial charge on any atom is 0.303 e. The monoisotopic (exact) mass is 291 g/mol. The molecule has 0 radical (unpaired) electrons. The fourth-order valence-electron chi connectivity index (χ4n) is 1.89. The largest absolute Gasteiger partial charge is 0.489 e. The number of ether oxygens (including phenoxy) is 2. The summed E-state index contributed by atoms with van der Waals surface area (Å²) in [6.07, 6.45) is 2.28. The highest BCUT2D eigenvalue weighted by Gasteiger charge is 2.14. The van der Waals surface area contributed by atoms with E-state index in [-0.39, 0.29) is 12.1 Å². The molecule has 0 amide bonds. The fourth-order valence-corrected chi connectivity index (χ4v) is 1.89. The van der Waals surface area contributed by atoms with Crippen LogP contribution in [-0.4, -0.2) is 31.3 Å². The summed E-state index contributed by atoms with van der Waals surface area (Å²) in [4.78, 5) is 11.2. The van der Waals surface area contributed by atoms with E-state index in [4.69, 9.17) is 9.47 Å². The van der Waals surface area contributed by atoms with Crippen LogP contribution in [-0.2, 0) is 16.0 Å². The van der Waals surface area contributed by atoms with E-state index in [1.807, 2.05) is 44.2 Å². The lowest BCUT2D eigenvalue weighted by Gasteiger charge is -2.20. The molecule has 1 unspecified atom stereocenters. The SMILES string of the molecule is C=CCc1ccccc1OCC(CNC(C)C)OC(C)=O. The van der Waals surface area contributed by atoms with Gasteiger partial charge >= 0.3 is 5.97 Å². The van der Waals surface area contributed by atoms with E-state index >= 15 is 0 Å². The molecule has 4 nitrogen and oxygen atoms in total. The van der Waals surface area contributed by atoms with Crippen molar-refractivity contribution in [3.63, 3.8) is 0 Å². The quantitative estimate of drug-likeness (QED) is 0.561. The zero-order valence-electron chi connectivity index (χ0n) is 13.1. The summed E-state index contributed by atoms with van der Waals surface area (Å²) in [6, 6.07) is 8.14. The smallest absolute Gasteiger partial charge is 0.303 e. The first-order valence-corrected chi connectivity index (χ1v) is 7.25. The normalized spacial score (nSPS) is 12.0. The molecular formula is C17H25NO3. The second-order valence-corrected chi connectivity index (χ2v) is 5.21. The van der Waals surface area contributed by atoms with Crippen molar-refractivity contribution >= 4 is 5.97 Å². The van der Waals surface area contributed by atoms with Gasteiger partial charge in [0.1, 0.15) is 18.5 Å². The molecule has 0 aliphatic heterocycles. The summed E-state index contributed by atoms with van der Waals surface area (Å²) in [6.45, 7) is 10.1. The van der Waals surface area contributed by atoms with Gasteiger partial charge < -0.3 is 14.8 Å². The Morgan fingerprint density at radius 2 is 2.10 bits per heavy atom. The molecule has 0 heterocycles. The lowest BCUT2D eigenvalue weighted by atomic mass is 10.1. The molecule has 1 atom stereocenters. The Kier molecular flexibility index (Phi) is 7.54. The van der Waals surface area contributed by atoms with Crippen LogP contribution in [0.3, 0.4) is 0 Å². The average molecular weight is 291 g/mol. The van der Waals surface area contributed by atoms with E-state index in [9.17, 15) is 4.79 Å². The third-order valence-electron chi connectivity index (χ3n) is 2.85. The fraction of sp³-hybridized carbons (Fsp3) is 0.471. The van der Waals surface area contributed by atoms with Crippen LogP contribution in [0.5, 0.6) is 5.75 Å². The molecule has 116 valence electrons. The van der Waals surface area contributed by atoms with Gasteiger partial charge in [-0.3, -0.25) is 4.79 Å². The average Bonchev–Trinajstić information content (AvgIpc) is 2.43. The highest BCUT2D eigenvalue weighted by Crippen LogP contribution is 2.19. The Labute approximate surface area is 127 Å². The van der Waals surface area contributed by atoms with Gasteiger partial charge in [0.2, 0.25) is 0 Å². The first-order valence-electron chi connectivity index (χ1n) is 7.25. The number of hydrogen-bond acceptors (Lipinski definition) is 4. The summed E-state index contributed by atoms with van der Waals surface area (Å²) in [5.74, 6) is 0.507. The molecule has 0 aromatic heterocycles. The summed E-state index contributed by atoms with van der Waals surface area (Å²) in [7, 11) is 0. The van der Waals surface area contributed by atoms with Gasteiger partial charge in [0.25, 0.3) is 0 Å². The molecule has 1 aromatic rings. The van der Waals surface area contributed by atoms with Crippen LogP contribution >= 0.6 is 0 Å². The maximum absolute atomic E-state index is 11.2. The molecule has 1 rings (SSSR count). The minimum Gasteiger partial charge on any atom is -0.489 e. The minimum atomic E-state index is -0.304. The van der Waals surface area contributed by atoms with Crippen molar-refractivity contribution in [3.8, 4) is 5.75 Å². The lowest BCUT2D eigenvalue weighted by molar-refractivity contribution is -0.147. The third-order valence-corrected chi connectivity index (χ3v) is 2.85. The number of benzene rings is 1. The van der Waals surface area contributed by atoms with E-state index in [0.717, 1.165) is 17.7 Å². The Bertz CT molecular complexity index is 457. The molecule has 0 fully saturated rings. The number of para-hydroxylation sites is 1. The molecular weight excluding hydrogens is 266 g/mol. The summed E-state index contributed by atoms with van der Waals surface area (Å²) >= 11 is 0. The molecule has 0 saturated heterocycles. The zero-order chi connectivity index (χ0) is 15.7. The molecule has 1 N–H and O–H groups in total. The summed E-state index contributed by atoms with van der Waals surface area (Å²) in [5.41, 5.74) is 1.07. The van der Waals surface area contributed by atoms with Gasteiger partial charge in [-0.15, -0.1) is 6.58 Å². The Morgan fingerprint density at radius 3 is 2.71 bits per heavy atom. The van der Waals surface area contributed by atoms with Crippen molar-refractivity contribution in [2.45, 2.75) is 39.3 Å². The van der Waals surface area contributed by atoms with Gasteiger partial charge in [-0.05, 0) is 18.1 Å². The number of carbonyl (C=O) groups excluding carboxylic acids is 1. The number of allylic oxidation sites excluding steroid dienone is 1. The van der Waals surface area contributed by atoms with Crippen molar-refractivity contribution in [1.82, 2.24) is 5.32 Å². The summed E-state index contributed by atoms with van der Waals surface area (Å²) in [5, 5.41) is 3.25. The van der Waals surface area contributed by atoms with Gasteiger partial charge in [0.15, 0.2) is 0 Å². The Hall–Kier alpha value is -1.81. The van der Waals surface area contributed by atoms with Crippen molar-refractivity contribution in [2.75, 3.05) is 13.2 Å². The van der Waals surface area contributed by atoms with Gasteiger partial charge in [-0.1, -0.05) is 38.1 Å². The van der Waals surface area contributed by atoms with Crippen LogP contribution in [0.15, 0.2) is 36.9 Å². The number of hydrogen-bond donors (Lipinski definition) is 1. The predicted molar refractivity (Wildman–Crippen MR) is 84.5 cm³/mol. The Morgan fingerprint density at radius 1 is 1.38 bits per heavy atom. The predicted octanol–water partition coefficient (Wildman–Crippen LogP) is 2.72. The van der Waals surface area contributed by atoms with Gasteiger partial charge in [0, 0.05) is 19.5 Å². The topological polar surface area (TPSA) is 47.6 Å². The number of rotatable bonds is 9. The van der Waals surface area contributed by atoms with Crippen LogP contribution in [0, 0.1) is 0 Å². The van der Waals surface area contributed by atoms with Crippen LogP contribution < -0.4 is 10.1 Å². The first-order chi connectivity index (χ1) is 10.0.